The highest BCUT2D eigenvalue weighted by Gasteiger charge is 2.73. The van der Waals surface area contributed by atoms with Gasteiger partial charge in [-0.15, -0.1) is 0 Å². The molecule has 0 aliphatic heterocycles. The lowest BCUT2D eigenvalue weighted by atomic mass is 9.86. The van der Waals surface area contributed by atoms with Crippen LogP contribution in [-0.4, -0.2) is 25.1 Å². The highest BCUT2D eigenvalue weighted by Crippen LogP contribution is 2.51. The second kappa shape index (κ2) is 7.14. The molecule has 0 aliphatic carbocycles. The summed E-state index contributed by atoms with van der Waals surface area (Å²) in [6, 6.07) is 14.9. The minimum Gasteiger partial charge on any atom is -0.374 e. The maximum atomic E-state index is 13.9. The van der Waals surface area contributed by atoms with Crippen LogP contribution >= 0.6 is 0 Å². The van der Waals surface area contributed by atoms with Gasteiger partial charge in [-0.2, -0.15) is 30.7 Å². The first-order valence-electron chi connectivity index (χ1n) is 7.87. The molecule has 8 heteroatoms. The van der Waals surface area contributed by atoms with E-state index in [1.165, 1.54) is 12.1 Å². The summed E-state index contributed by atoms with van der Waals surface area (Å²) >= 11 is 0. The van der Waals surface area contributed by atoms with E-state index in [1.54, 1.807) is 24.3 Å². The Kier molecular flexibility index (Phi) is 5.61. The minimum absolute atomic E-state index is 0.0577. The van der Waals surface area contributed by atoms with E-state index in [0.29, 0.717) is 0 Å². The number of halogens is 7. The van der Waals surface area contributed by atoms with Gasteiger partial charge in [-0.25, -0.2) is 0 Å². The molecule has 0 heterocycles. The number of methoxy groups -OCH3 is 1. The molecule has 0 N–H and O–H groups in total. The lowest BCUT2D eigenvalue weighted by Gasteiger charge is -2.36. The van der Waals surface area contributed by atoms with Crippen LogP contribution in [0.5, 0.6) is 0 Å². The summed E-state index contributed by atoms with van der Waals surface area (Å²) in [5, 5.41) is 0. The van der Waals surface area contributed by atoms with Crippen molar-refractivity contribution < 1.29 is 35.5 Å². The third-order valence-corrected chi connectivity index (χ3v) is 4.43. The Balaban J connectivity index is 2.34. The molecule has 148 valence electrons. The Morgan fingerprint density at radius 2 is 1.22 bits per heavy atom. The Morgan fingerprint density at radius 3 is 1.67 bits per heavy atom. The zero-order valence-electron chi connectivity index (χ0n) is 14.5. The average Bonchev–Trinajstić information content (AvgIpc) is 2.61. The standard InChI is InChI=1S/C19H17F7O/c1-16(27-2,12-17(20,21)18(22,23)19(24,25)26)15-10-8-14(9-11-15)13-6-4-3-5-7-13/h3-11H,12H2,1-2H3. The first-order valence-corrected chi connectivity index (χ1v) is 7.87. The van der Waals surface area contributed by atoms with E-state index in [0.717, 1.165) is 25.2 Å². The molecule has 1 nitrogen and oxygen atoms in total. The number of benzene rings is 2. The van der Waals surface area contributed by atoms with Gasteiger partial charge in [0.1, 0.15) is 0 Å². The SMILES string of the molecule is COC(C)(CC(F)(F)C(F)(F)C(F)(F)F)c1ccc(-c2ccccc2)cc1. The van der Waals surface area contributed by atoms with E-state index in [9.17, 15) is 30.7 Å². The fourth-order valence-corrected chi connectivity index (χ4v) is 2.68. The van der Waals surface area contributed by atoms with Crippen molar-refractivity contribution in [2.24, 2.45) is 0 Å². The van der Waals surface area contributed by atoms with Gasteiger partial charge >= 0.3 is 18.0 Å². The van der Waals surface area contributed by atoms with Crippen LogP contribution in [0.25, 0.3) is 11.1 Å². The summed E-state index contributed by atoms with van der Waals surface area (Å²) in [7, 11) is 0.979. The molecule has 0 aliphatic rings. The van der Waals surface area contributed by atoms with Crippen LogP contribution in [-0.2, 0) is 10.3 Å². The van der Waals surface area contributed by atoms with E-state index in [1.807, 2.05) is 18.2 Å². The van der Waals surface area contributed by atoms with Gasteiger partial charge in [-0.1, -0.05) is 54.6 Å². The van der Waals surface area contributed by atoms with Gasteiger partial charge in [0.05, 0.1) is 12.0 Å². The minimum atomic E-state index is -6.37. The zero-order valence-corrected chi connectivity index (χ0v) is 14.5. The van der Waals surface area contributed by atoms with Crippen molar-refractivity contribution in [3.8, 4) is 11.1 Å². The van der Waals surface area contributed by atoms with Crippen molar-refractivity contribution in [2.45, 2.75) is 37.0 Å². The zero-order chi connectivity index (χ0) is 20.5. The molecule has 0 spiro atoms. The maximum Gasteiger partial charge on any atom is 0.459 e. The molecule has 0 radical (unpaired) electrons. The van der Waals surface area contributed by atoms with Crippen molar-refractivity contribution >= 4 is 0 Å². The molecule has 2 aromatic rings. The molecular weight excluding hydrogens is 377 g/mol. The summed E-state index contributed by atoms with van der Waals surface area (Å²) in [5.41, 5.74) is -0.433. The van der Waals surface area contributed by atoms with Crippen molar-refractivity contribution in [1.29, 1.82) is 0 Å². The first-order chi connectivity index (χ1) is 12.3. The number of rotatable bonds is 6. The van der Waals surface area contributed by atoms with Gasteiger partial charge in [0.25, 0.3) is 0 Å². The molecule has 2 rings (SSSR count). The quantitative estimate of drug-likeness (QED) is 0.513. The smallest absolute Gasteiger partial charge is 0.374 e. The highest BCUT2D eigenvalue weighted by atomic mass is 19.4. The normalized spacial score (nSPS) is 15.4. The fourth-order valence-electron chi connectivity index (χ4n) is 2.68. The van der Waals surface area contributed by atoms with Gasteiger partial charge in [-0.05, 0) is 23.6 Å². The first kappa shape index (κ1) is 21.2. The summed E-state index contributed by atoms with van der Waals surface area (Å²) in [4.78, 5) is 0. The Morgan fingerprint density at radius 1 is 0.741 bits per heavy atom. The van der Waals surface area contributed by atoms with E-state index in [4.69, 9.17) is 4.74 Å². The summed E-state index contributed by atoms with van der Waals surface area (Å²) in [6.45, 7) is 1.05. The predicted molar refractivity (Wildman–Crippen MR) is 86.8 cm³/mol. The molecule has 0 saturated carbocycles. The van der Waals surface area contributed by atoms with Crippen molar-refractivity contribution in [1.82, 2.24) is 0 Å². The van der Waals surface area contributed by atoms with E-state index < -0.39 is 30.0 Å². The van der Waals surface area contributed by atoms with Crippen LogP contribution in [0, 0.1) is 0 Å². The van der Waals surface area contributed by atoms with Crippen LogP contribution in [0.3, 0.4) is 0 Å². The van der Waals surface area contributed by atoms with Crippen molar-refractivity contribution in [3.63, 3.8) is 0 Å². The number of hydrogen-bond donors (Lipinski definition) is 0. The Labute approximate surface area is 151 Å². The lowest BCUT2D eigenvalue weighted by Crippen LogP contribution is -2.54. The molecule has 0 aromatic heterocycles. The average molecular weight is 394 g/mol. The molecule has 0 bridgehead atoms. The second-order valence-electron chi connectivity index (χ2n) is 6.33. The van der Waals surface area contributed by atoms with Crippen molar-refractivity contribution in [3.05, 3.63) is 60.2 Å². The number of hydrogen-bond acceptors (Lipinski definition) is 1. The van der Waals surface area contributed by atoms with Crippen LogP contribution in [0.15, 0.2) is 54.6 Å². The Bertz CT molecular complexity index is 754. The largest absolute Gasteiger partial charge is 0.459 e. The molecule has 1 unspecified atom stereocenters. The van der Waals surface area contributed by atoms with E-state index in [-0.39, 0.29) is 5.56 Å². The van der Waals surface area contributed by atoms with Crippen LogP contribution in [0.1, 0.15) is 18.9 Å². The molecule has 2 aromatic carbocycles. The number of alkyl halides is 7. The third kappa shape index (κ3) is 4.10. The van der Waals surface area contributed by atoms with E-state index in [2.05, 4.69) is 0 Å². The highest BCUT2D eigenvalue weighted by molar-refractivity contribution is 5.63. The Hall–Kier alpha value is -2.09. The summed E-state index contributed by atoms with van der Waals surface area (Å²) in [6.07, 6.45) is -8.21. The predicted octanol–water partition coefficient (Wildman–Crippen LogP) is 6.44. The van der Waals surface area contributed by atoms with E-state index >= 15 is 0 Å². The fraction of sp³-hybridized carbons (Fsp3) is 0.368. The van der Waals surface area contributed by atoms with Gasteiger partial charge in [0.2, 0.25) is 0 Å². The molecule has 0 saturated heterocycles. The summed E-state index contributed by atoms with van der Waals surface area (Å²) in [5.74, 6) is -11.5. The molecule has 27 heavy (non-hydrogen) atoms. The third-order valence-electron chi connectivity index (χ3n) is 4.43. The second-order valence-corrected chi connectivity index (χ2v) is 6.33. The maximum absolute atomic E-state index is 13.9. The summed E-state index contributed by atoms with van der Waals surface area (Å²) < 4.78 is 96.3. The van der Waals surface area contributed by atoms with Gasteiger partial charge < -0.3 is 4.74 Å². The topological polar surface area (TPSA) is 9.23 Å². The monoisotopic (exact) mass is 394 g/mol. The van der Waals surface area contributed by atoms with Crippen LogP contribution in [0.4, 0.5) is 30.7 Å². The van der Waals surface area contributed by atoms with Gasteiger partial charge in [-0.3, -0.25) is 0 Å². The lowest BCUT2D eigenvalue weighted by molar-refractivity contribution is -0.361. The van der Waals surface area contributed by atoms with Gasteiger partial charge in [0.15, 0.2) is 0 Å². The van der Waals surface area contributed by atoms with Crippen LogP contribution < -0.4 is 0 Å². The van der Waals surface area contributed by atoms with Crippen LogP contribution in [0.2, 0.25) is 0 Å². The molecule has 1 atom stereocenters. The molecule has 0 fully saturated rings. The number of ether oxygens (including phenoxy) is 1. The molecule has 0 amide bonds. The van der Waals surface area contributed by atoms with Crippen molar-refractivity contribution in [2.75, 3.05) is 7.11 Å². The molecular formula is C19H17F7O. The van der Waals surface area contributed by atoms with Gasteiger partial charge in [0, 0.05) is 7.11 Å².